The second kappa shape index (κ2) is 11.2. The first-order valence-electron chi connectivity index (χ1n) is 11.6. The topological polar surface area (TPSA) is 69.6 Å². The summed E-state index contributed by atoms with van der Waals surface area (Å²) < 4.78 is 0. The number of carbonyl (C=O) groups is 2. The first kappa shape index (κ1) is 23.8. The number of hydrogen-bond donors (Lipinski definition) is 2. The van der Waals surface area contributed by atoms with Gasteiger partial charge in [0.15, 0.2) is 0 Å². The van der Waals surface area contributed by atoms with E-state index in [9.17, 15) is 14.7 Å². The van der Waals surface area contributed by atoms with E-state index in [4.69, 9.17) is 0 Å². The predicted octanol–water partition coefficient (Wildman–Crippen LogP) is 6.39. The molecule has 0 heterocycles. The lowest BCUT2D eigenvalue weighted by atomic mass is 10.0. The number of nitrogens with one attached hydrogen (secondary N) is 1. The third-order valence-electron chi connectivity index (χ3n) is 5.90. The molecule has 176 valence electrons. The zero-order valence-corrected chi connectivity index (χ0v) is 19.6. The number of carboxylic acid groups (broad SMARTS) is 1. The average molecular weight is 465 g/mol. The number of anilines is 2. The zero-order valence-electron chi connectivity index (χ0n) is 19.6. The van der Waals surface area contributed by atoms with Crippen LogP contribution in [0.1, 0.15) is 27.9 Å². The number of hydrogen-bond acceptors (Lipinski definition) is 3. The van der Waals surface area contributed by atoms with Gasteiger partial charge in [0.25, 0.3) is 0 Å². The van der Waals surface area contributed by atoms with Crippen LogP contribution in [-0.2, 0) is 17.8 Å². The van der Waals surface area contributed by atoms with Crippen LogP contribution in [0.2, 0.25) is 0 Å². The predicted molar refractivity (Wildman–Crippen MR) is 140 cm³/mol. The highest BCUT2D eigenvalue weighted by Crippen LogP contribution is 2.26. The lowest BCUT2D eigenvalue weighted by molar-refractivity contribution is -0.130. The Labute approximate surface area is 205 Å². The van der Waals surface area contributed by atoms with E-state index in [1.54, 1.807) is 29.2 Å². The molecule has 1 amide bonds. The minimum absolute atomic E-state index is 0.122. The Balaban J connectivity index is 1.39. The van der Waals surface area contributed by atoms with Gasteiger partial charge in [-0.2, -0.15) is 0 Å². The van der Waals surface area contributed by atoms with Crippen LogP contribution in [-0.4, -0.2) is 28.9 Å². The number of nitrogens with zero attached hydrogens (tertiary/aromatic N) is 1. The smallest absolute Gasteiger partial charge is 0.337 e. The highest BCUT2D eigenvalue weighted by Gasteiger charge is 2.11. The number of amides is 1. The van der Waals surface area contributed by atoms with Crippen molar-refractivity contribution in [2.75, 3.05) is 12.4 Å². The molecule has 4 aromatic rings. The van der Waals surface area contributed by atoms with Crippen molar-refractivity contribution in [2.24, 2.45) is 0 Å². The molecule has 4 aromatic carbocycles. The average Bonchev–Trinajstić information content (AvgIpc) is 2.88. The maximum Gasteiger partial charge on any atom is 0.337 e. The molecule has 0 saturated carbocycles. The van der Waals surface area contributed by atoms with E-state index in [2.05, 4.69) is 11.4 Å². The van der Waals surface area contributed by atoms with Gasteiger partial charge < -0.3 is 15.3 Å². The molecule has 5 nitrogen and oxygen atoms in total. The Kier molecular flexibility index (Phi) is 7.58. The van der Waals surface area contributed by atoms with Crippen LogP contribution in [0.25, 0.3) is 11.1 Å². The summed E-state index contributed by atoms with van der Waals surface area (Å²) in [5.41, 5.74) is 5.92. The Hall–Kier alpha value is -4.38. The summed E-state index contributed by atoms with van der Waals surface area (Å²) >= 11 is 0. The van der Waals surface area contributed by atoms with Crippen molar-refractivity contribution in [1.82, 2.24) is 4.90 Å². The van der Waals surface area contributed by atoms with Gasteiger partial charge in [0.05, 0.1) is 11.3 Å². The molecule has 0 saturated heterocycles. The standard InChI is InChI=1S/C30H28N2O3/c1-32(29(33)19-14-22-8-3-2-4-9-22)21-23-10-7-11-25(20-23)24-15-17-26(18-16-24)31-28-13-6-5-12-27(28)30(34)35/h2-13,15-18,20,31H,14,19,21H2,1H3,(H,34,35). The fraction of sp³-hybridized carbons (Fsp3) is 0.133. The lowest BCUT2D eigenvalue weighted by Gasteiger charge is -2.18. The molecule has 0 aliphatic heterocycles. The van der Waals surface area contributed by atoms with Gasteiger partial charge in [-0.05, 0) is 59.0 Å². The van der Waals surface area contributed by atoms with Crippen LogP contribution >= 0.6 is 0 Å². The highest BCUT2D eigenvalue weighted by molar-refractivity contribution is 5.95. The van der Waals surface area contributed by atoms with E-state index >= 15 is 0 Å². The summed E-state index contributed by atoms with van der Waals surface area (Å²) in [6.45, 7) is 0.549. The number of aryl methyl sites for hydroxylation is 1. The van der Waals surface area contributed by atoms with Gasteiger partial charge in [0.2, 0.25) is 5.91 Å². The summed E-state index contributed by atoms with van der Waals surface area (Å²) in [5, 5.41) is 12.6. The van der Waals surface area contributed by atoms with Crippen LogP contribution in [0, 0.1) is 0 Å². The third kappa shape index (κ3) is 6.36. The first-order valence-corrected chi connectivity index (χ1v) is 11.6. The highest BCUT2D eigenvalue weighted by atomic mass is 16.4. The van der Waals surface area contributed by atoms with E-state index in [1.807, 2.05) is 79.8 Å². The second-order valence-corrected chi connectivity index (χ2v) is 8.49. The van der Waals surface area contributed by atoms with Crippen LogP contribution in [0.15, 0.2) is 103 Å². The summed E-state index contributed by atoms with van der Waals surface area (Å²) in [4.78, 5) is 25.8. The molecule has 0 radical (unpaired) electrons. The van der Waals surface area contributed by atoms with Crippen molar-refractivity contribution in [3.63, 3.8) is 0 Å². The molecular formula is C30H28N2O3. The summed E-state index contributed by atoms with van der Waals surface area (Å²) in [5.74, 6) is -0.846. The molecular weight excluding hydrogens is 436 g/mol. The summed E-state index contributed by atoms with van der Waals surface area (Å²) in [6.07, 6.45) is 1.22. The number of rotatable bonds is 9. The first-order chi connectivity index (χ1) is 17.0. The Morgan fingerprint density at radius 3 is 2.20 bits per heavy atom. The van der Waals surface area contributed by atoms with Crippen LogP contribution in [0.3, 0.4) is 0 Å². The number of carboxylic acids is 1. The third-order valence-corrected chi connectivity index (χ3v) is 5.90. The van der Waals surface area contributed by atoms with Gasteiger partial charge >= 0.3 is 5.97 Å². The van der Waals surface area contributed by atoms with E-state index in [1.165, 1.54) is 5.56 Å². The minimum Gasteiger partial charge on any atom is -0.478 e. The molecule has 0 bridgehead atoms. The van der Waals surface area contributed by atoms with Crippen molar-refractivity contribution in [3.8, 4) is 11.1 Å². The second-order valence-electron chi connectivity index (χ2n) is 8.49. The van der Waals surface area contributed by atoms with Crippen molar-refractivity contribution >= 4 is 23.3 Å². The van der Waals surface area contributed by atoms with Crippen LogP contribution in [0.5, 0.6) is 0 Å². The fourth-order valence-corrected chi connectivity index (χ4v) is 3.98. The molecule has 5 heteroatoms. The maximum absolute atomic E-state index is 12.6. The molecule has 0 fully saturated rings. The molecule has 0 spiro atoms. The van der Waals surface area contributed by atoms with Gasteiger partial charge in [-0.25, -0.2) is 4.79 Å². The molecule has 35 heavy (non-hydrogen) atoms. The van der Waals surface area contributed by atoms with Crippen LogP contribution in [0.4, 0.5) is 11.4 Å². The summed E-state index contributed by atoms with van der Waals surface area (Å²) in [6, 6.07) is 32.9. The van der Waals surface area contributed by atoms with Crippen molar-refractivity contribution < 1.29 is 14.7 Å². The number of benzene rings is 4. The Morgan fingerprint density at radius 1 is 0.771 bits per heavy atom. The molecule has 0 unspecified atom stereocenters. The van der Waals surface area contributed by atoms with Gasteiger partial charge in [0.1, 0.15) is 0 Å². The van der Waals surface area contributed by atoms with E-state index in [0.29, 0.717) is 18.7 Å². The van der Waals surface area contributed by atoms with Crippen molar-refractivity contribution in [2.45, 2.75) is 19.4 Å². The molecule has 0 aliphatic rings. The van der Waals surface area contributed by atoms with Gasteiger partial charge in [-0.1, -0.05) is 72.8 Å². The van der Waals surface area contributed by atoms with Gasteiger partial charge in [0, 0.05) is 25.7 Å². The van der Waals surface area contributed by atoms with E-state index in [-0.39, 0.29) is 11.5 Å². The largest absolute Gasteiger partial charge is 0.478 e. The molecule has 0 aromatic heterocycles. The molecule has 0 atom stereocenters. The number of aromatic carboxylic acids is 1. The number of para-hydroxylation sites is 1. The van der Waals surface area contributed by atoms with E-state index < -0.39 is 5.97 Å². The lowest BCUT2D eigenvalue weighted by Crippen LogP contribution is -2.26. The van der Waals surface area contributed by atoms with Gasteiger partial charge in [-0.3, -0.25) is 4.79 Å². The molecule has 0 aliphatic carbocycles. The fourth-order valence-electron chi connectivity index (χ4n) is 3.98. The SMILES string of the molecule is CN(Cc1cccc(-c2ccc(Nc3ccccc3C(=O)O)cc2)c1)C(=O)CCc1ccccc1. The van der Waals surface area contributed by atoms with Crippen molar-refractivity contribution in [3.05, 3.63) is 120 Å². The Bertz CT molecular complexity index is 1300. The summed E-state index contributed by atoms with van der Waals surface area (Å²) in [7, 11) is 1.84. The van der Waals surface area contributed by atoms with Crippen LogP contribution < -0.4 is 5.32 Å². The normalized spacial score (nSPS) is 10.5. The quantitative estimate of drug-likeness (QED) is 0.301. The maximum atomic E-state index is 12.6. The molecule has 4 rings (SSSR count). The number of carbonyl (C=O) groups excluding carboxylic acids is 1. The zero-order chi connectivity index (χ0) is 24.6. The minimum atomic E-state index is -0.968. The monoisotopic (exact) mass is 464 g/mol. The Morgan fingerprint density at radius 2 is 1.46 bits per heavy atom. The van der Waals surface area contributed by atoms with Crippen molar-refractivity contribution in [1.29, 1.82) is 0 Å². The van der Waals surface area contributed by atoms with E-state index in [0.717, 1.165) is 28.8 Å². The molecule has 2 N–H and O–H groups in total. The van der Waals surface area contributed by atoms with Gasteiger partial charge in [-0.15, -0.1) is 0 Å².